The Labute approximate surface area is 83.6 Å². The number of hydrogen-bond donors (Lipinski definition) is 0. The van der Waals surface area contributed by atoms with E-state index in [1.54, 1.807) is 0 Å². The van der Waals surface area contributed by atoms with Gasteiger partial charge in [0.05, 0.1) is 16.8 Å². The van der Waals surface area contributed by atoms with E-state index >= 15 is 0 Å². The molecule has 1 aliphatic rings. The Morgan fingerprint density at radius 1 is 1.43 bits per heavy atom. The number of sulfone groups is 1. The third-order valence-corrected chi connectivity index (χ3v) is 5.73. The summed E-state index contributed by atoms with van der Waals surface area (Å²) in [6.07, 6.45) is 0.885. The van der Waals surface area contributed by atoms with Crippen molar-refractivity contribution in [3.63, 3.8) is 0 Å². The monoisotopic (exact) mass is 244 g/mol. The van der Waals surface area contributed by atoms with Gasteiger partial charge in [-0.3, -0.25) is 0 Å². The third-order valence-electron chi connectivity index (χ3n) is 2.61. The Morgan fingerprint density at radius 2 is 2.00 bits per heavy atom. The van der Waals surface area contributed by atoms with Crippen LogP contribution in [-0.2, 0) is 20.1 Å². The van der Waals surface area contributed by atoms with Gasteiger partial charge in [0.2, 0.25) is 0 Å². The maximum Gasteiger partial charge on any atom is 0.305 e. The van der Waals surface area contributed by atoms with Crippen LogP contribution in [0.15, 0.2) is 0 Å². The largest absolute Gasteiger partial charge is 0.305 e. The van der Waals surface area contributed by atoms with Crippen molar-refractivity contribution in [2.45, 2.75) is 25.0 Å². The minimum Gasteiger partial charge on any atom is -0.229 e. The zero-order valence-electron chi connectivity index (χ0n) is 7.81. The first kappa shape index (κ1) is 11.9. The van der Waals surface area contributed by atoms with Gasteiger partial charge in [0.15, 0.2) is 9.84 Å². The summed E-state index contributed by atoms with van der Waals surface area (Å²) in [5, 5.41) is -1.21. The molecule has 0 spiro atoms. The number of hydrogen-bond acceptors (Lipinski definition) is 4. The Kier molecular flexibility index (Phi) is 3.20. The van der Waals surface area contributed by atoms with Crippen LogP contribution in [0.2, 0.25) is 0 Å². The van der Waals surface area contributed by atoms with Crippen LogP contribution in [0, 0.1) is 5.92 Å². The Balaban J connectivity index is 2.81. The molecule has 1 aliphatic heterocycles. The molecule has 1 heterocycles. The summed E-state index contributed by atoms with van der Waals surface area (Å²) in [7, 11) is -7.79. The smallest absolute Gasteiger partial charge is 0.229 e. The molecule has 1 rings (SSSR count). The van der Waals surface area contributed by atoms with Crippen LogP contribution in [0.3, 0.4) is 0 Å². The highest BCUT2D eigenvalue weighted by atomic mass is 32.3. The molecule has 2 unspecified atom stereocenters. The van der Waals surface area contributed by atoms with E-state index in [2.05, 4.69) is 0 Å². The maximum atomic E-state index is 12.6. The summed E-state index contributed by atoms with van der Waals surface area (Å²) in [5.41, 5.74) is 0. The van der Waals surface area contributed by atoms with Gasteiger partial charge in [0.25, 0.3) is 0 Å². The molecule has 0 aliphatic carbocycles. The van der Waals surface area contributed by atoms with Crippen molar-refractivity contribution in [3.05, 3.63) is 0 Å². The van der Waals surface area contributed by atoms with Crippen molar-refractivity contribution in [3.8, 4) is 0 Å². The van der Waals surface area contributed by atoms with Gasteiger partial charge >= 0.3 is 10.2 Å². The molecule has 1 fully saturated rings. The maximum absolute atomic E-state index is 12.6. The summed E-state index contributed by atoms with van der Waals surface area (Å²) >= 11 is 0. The molecule has 0 N–H and O–H groups in total. The van der Waals surface area contributed by atoms with Gasteiger partial charge in [-0.15, -0.1) is 3.89 Å². The average molecular weight is 244 g/mol. The Hall–Kier alpha value is -0.170. The predicted octanol–water partition coefficient (Wildman–Crippen LogP) is 0.499. The van der Waals surface area contributed by atoms with Gasteiger partial charge in [-0.2, -0.15) is 8.42 Å². The van der Waals surface area contributed by atoms with E-state index in [0.717, 1.165) is 0 Å². The number of halogens is 1. The van der Waals surface area contributed by atoms with Crippen LogP contribution in [-0.4, -0.2) is 33.6 Å². The fourth-order valence-corrected chi connectivity index (χ4v) is 4.35. The Bertz CT molecular complexity index is 385. The molecule has 4 nitrogen and oxygen atoms in total. The van der Waals surface area contributed by atoms with E-state index < -0.39 is 31.2 Å². The van der Waals surface area contributed by atoms with Crippen molar-refractivity contribution in [1.82, 2.24) is 0 Å². The normalized spacial score (nSPS) is 29.7. The molecule has 1 saturated heterocycles. The van der Waals surface area contributed by atoms with E-state index in [9.17, 15) is 20.7 Å². The summed E-state index contributed by atoms with van der Waals surface area (Å²) in [6, 6.07) is 0. The minimum absolute atomic E-state index is 0.0859. The molecule has 0 radical (unpaired) electrons. The van der Waals surface area contributed by atoms with Crippen molar-refractivity contribution in [1.29, 1.82) is 0 Å². The summed E-state index contributed by atoms with van der Waals surface area (Å²) in [6.45, 7) is 1.22. The van der Waals surface area contributed by atoms with Gasteiger partial charge in [0.1, 0.15) is 0 Å². The van der Waals surface area contributed by atoms with Crippen molar-refractivity contribution in [2.24, 2.45) is 5.92 Å². The molecular formula is C7H13FO4S2. The lowest BCUT2D eigenvalue weighted by Gasteiger charge is -2.24. The fourth-order valence-electron chi connectivity index (χ4n) is 1.66. The van der Waals surface area contributed by atoms with Crippen LogP contribution in [0.25, 0.3) is 0 Å². The summed E-state index contributed by atoms with van der Waals surface area (Å²) in [4.78, 5) is 0. The second-order valence-electron chi connectivity index (χ2n) is 3.70. The average Bonchev–Trinajstić information content (AvgIpc) is 1.99. The van der Waals surface area contributed by atoms with Gasteiger partial charge in [-0.25, -0.2) is 8.42 Å². The molecule has 0 bridgehead atoms. The van der Waals surface area contributed by atoms with E-state index in [1.165, 1.54) is 6.92 Å². The molecule has 84 valence electrons. The highest BCUT2D eigenvalue weighted by Gasteiger charge is 2.35. The molecule has 2 atom stereocenters. The van der Waals surface area contributed by atoms with Gasteiger partial charge in [-0.1, -0.05) is 0 Å². The quantitative estimate of drug-likeness (QED) is 0.663. The van der Waals surface area contributed by atoms with Crippen molar-refractivity contribution in [2.75, 3.05) is 11.5 Å². The second-order valence-corrected chi connectivity index (χ2v) is 7.62. The molecule has 0 aromatic heterocycles. The van der Waals surface area contributed by atoms with Crippen LogP contribution < -0.4 is 0 Å². The van der Waals surface area contributed by atoms with Crippen LogP contribution in [0.4, 0.5) is 3.89 Å². The number of rotatable bonds is 2. The van der Waals surface area contributed by atoms with Gasteiger partial charge in [-0.05, 0) is 25.7 Å². The highest BCUT2D eigenvalue weighted by molar-refractivity contribution is 7.91. The summed E-state index contributed by atoms with van der Waals surface area (Å²) in [5.74, 6) is -0.719. The topological polar surface area (TPSA) is 68.3 Å². The zero-order valence-corrected chi connectivity index (χ0v) is 9.44. The lowest BCUT2D eigenvalue weighted by atomic mass is 10.0. The Morgan fingerprint density at radius 3 is 2.43 bits per heavy atom. The second kappa shape index (κ2) is 3.77. The highest BCUT2D eigenvalue weighted by Crippen LogP contribution is 2.25. The van der Waals surface area contributed by atoms with Gasteiger partial charge in [0, 0.05) is 0 Å². The molecule has 14 heavy (non-hydrogen) atoms. The molecule has 0 amide bonds. The summed E-state index contributed by atoms with van der Waals surface area (Å²) < 4.78 is 56.1. The standard InChI is InChI=1S/C7H13FO4S2/c1-6(14(8,11)12)7-3-2-4-13(9,10)5-7/h6-7H,2-5H2,1H3. The van der Waals surface area contributed by atoms with E-state index in [0.29, 0.717) is 12.8 Å². The SMILES string of the molecule is CC(C1CCCS(=O)(=O)C1)S(=O)(=O)F. The van der Waals surface area contributed by atoms with Crippen LogP contribution >= 0.6 is 0 Å². The first-order chi connectivity index (χ1) is 6.22. The van der Waals surface area contributed by atoms with Gasteiger partial charge < -0.3 is 0 Å². The molecule has 0 aromatic rings. The van der Waals surface area contributed by atoms with E-state index in [1.807, 2.05) is 0 Å². The molecule has 0 saturated carbocycles. The first-order valence-corrected chi connectivity index (χ1v) is 7.63. The molecule has 7 heteroatoms. The molecule has 0 aromatic carbocycles. The van der Waals surface area contributed by atoms with Crippen LogP contribution in [0.1, 0.15) is 19.8 Å². The van der Waals surface area contributed by atoms with Crippen molar-refractivity contribution < 1.29 is 20.7 Å². The zero-order chi connectivity index (χ0) is 11.0. The van der Waals surface area contributed by atoms with E-state index in [4.69, 9.17) is 0 Å². The minimum atomic E-state index is -4.62. The predicted molar refractivity (Wildman–Crippen MR) is 50.9 cm³/mol. The molecular weight excluding hydrogens is 231 g/mol. The first-order valence-electron chi connectivity index (χ1n) is 4.36. The third kappa shape index (κ3) is 2.91. The lowest BCUT2D eigenvalue weighted by molar-refractivity contribution is 0.449. The van der Waals surface area contributed by atoms with E-state index in [-0.39, 0.29) is 11.5 Å². The fraction of sp³-hybridized carbons (Fsp3) is 1.00. The van der Waals surface area contributed by atoms with Crippen LogP contribution in [0.5, 0.6) is 0 Å². The van der Waals surface area contributed by atoms with Crippen molar-refractivity contribution >= 4 is 20.1 Å². The lowest BCUT2D eigenvalue weighted by Crippen LogP contribution is -2.34.